The van der Waals surface area contributed by atoms with Gasteiger partial charge in [-0.2, -0.15) is 8.42 Å². The fraction of sp³-hybridized carbons (Fsp3) is 0.588. The van der Waals surface area contributed by atoms with E-state index < -0.39 is 15.9 Å². The van der Waals surface area contributed by atoms with Crippen LogP contribution in [0.15, 0.2) is 41.3 Å². The Morgan fingerprint density at radius 3 is 2.36 bits per heavy atom. The second-order valence-corrected chi connectivity index (χ2v) is 16.2. The van der Waals surface area contributed by atoms with Crippen molar-refractivity contribution in [3.63, 3.8) is 0 Å². The van der Waals surface area contributed by atoms with Gasteiger partial charge in [-0.05, 0) is 43.0 Å². The Morgan fingerprint density at radius 1 is 1.00 bits per heavy atom. The van der Waals surface area contributed by atoms with Gasteiger partial charge in [0.1, 0.15) is 21.3 Å². The summed E-state index contributed by atoms with van der Waals surface area (Å²) in [4.78, 5) is 36.4. The average molecular weight is 685 g/mol. The molecule has 13 heteroatoms. The first-order valence-electron chi connectivity index (χ1n) is 17.0. The zero-order chi connectivity index (χ0) is 33.0. The minimum atomic E-state index is -3.81. The number of pyridine rings is 1. The number of hydrogen-bond acceptors (Lipinski definition) is 10. The first-order valence-corrected chi connectivity index (χ1v) is 19.2. The molecule has 1 saturated carbocycles. The van der Waals surface area contributed by atoms with E-state index in [1.54, 1.807) is 32.2 Å². The predicted octanol–water partition coefficient (Wildman–Crippen LogP) is 5.23. The molecule has 1 atom stereocenters. The highest BCUT2D eigenvalue weighted by molar-refractivity contribution is 7.86. The second kappa shape index (κ2) is 14.6. The van der Waals surface area contributed by atoms with Crippen molar-refractivity contribution in [3.8, 4) is 5.88 Å². The number of piperidine rings is 2. The molecule has 1 amide bonds. The fourth-order valence-electron chi connectivity index (χ4n) is 7.80. The van der Waals surface area contributed by atoms with Crippen LogP contribution in [0.4, 0.5) is 5.13 Å². The molecule has 0 spiro atoms. The van der Waals surface area contributed by atoms with Gasteiger partial charge in [0.2, 0.25) is 11.8 Å². The summed E-state index contributed by atoms with van der Waals surface area (Å²) in [6.45, 7) is 4.43. The molecule has 3 aromatic rings. The number of carbonyl (C=O) groups is 2. The lowest BCUT2D eigenvalue weighted by Gasteiger charge is -2.47. The van der Waals surface area contributed by atoms with Gasteiger partial charge >= 0.3 is 16.0 Å². The lowest BCUT2D eigenvalue weighted by atomic mass is 9.87. The molecule has 2 aliphatic heterocycles. The van der Waals surface area contributed by atoms with Crippen molar-refractivity contribution in [1.82, 2.24) is 15.3 Å². The summed E-state index contributed by atoms with van der Waals surface area (Å²) in [5, 5.41) is 6.87. The van der Waals surface area contributed by atoms with E-state index in [-0.39, 0.29) is 32.6 Å². The van der Waals surface area contributed by atoms with Crippen LogP contribution in [0.25, 0.3) is 10.3 Å². The first-order chi connectivity index (χ1) is 22.7. The maximum absolute atomic E-state index is 14.6. The van der Waals surface area contributed by atoms with Crippen molar-refractivity contribution >= 4 is 48.7 Å². The number of sulfonamides is 1. The van der Waals surface area contributed by atoms with Crippen molar-refractivity contribution in [2.24, 2.45) is 11.8 Å². The summed E-state index contributed by atoms with van der Waals surface area (Å²) in [6, 6.07) is 10.5. The van der Waals surface area contributed by atoms with Gasteiger partial charge in [-0.25, -0.2) is 13.9 Å². The molecule has 1 aromatic carbocycles. The summed E-state index contributed by atoms with van der Waals surface area (Å²) in [5.74, 6) is -0.185. The van der Waals surface area contributed by atoms with E-state index in [2.05, 4.69) is 20.6 Å². The Balaban J connectivity index is 1.26. The molecular formula is C34H46N5O6S2+. The van der Waals surface area contributed by atoms with Gasteiger partial charge in [-0.1, -0.05) is 49.2 Å². The maximum atomic E-state index is 14.6. The summed E-state index contributed by atoms with van der Waals surface area (Å²) in [7, 11) is -2.25. The zero-order valence-corrected chi connectivity index (χ0v) is 28.9. The molecule has 47 heavy (non-hydrogen) atoms. The highest BCUT2D eigenvalue weighted by Crippen LogP contribution is 2.40. The van der Waals surface area contributed by atoms with Gasteiger partial charge in [0, 0.05) is 44.8 Å². The van der Waals surface area contributed by atoms with Crippen LogP contribution < -0.4 is 15.4 Å². The number of rotatable bonds is 11. The second-order valence-electron chi connectivity index (χ2n) is 13.1. The number of benzene rings is 1. The van der Waals surface area contributed by atoms with Gasteiger partial charge in [0.05, 0.1) is 38.6 Å². The van der Waals surface area contributed by atoms with Crippen LogP contribution in [0, 0.1) is 11.8 Å². The highest BCUT2D eigenvalue weighted by atomic mass is 32.2. The number of likely N-dealkylation sites (tertiary alicyclic amines) is 1. The molecule has 3 fully saturated rings. The number of aromatic nitrogens is 2. The maximum Gasteiger partial charge on any atom is 0.327 e. The van der Waals surface area contributed by atoms with Crippen molar-refractivity contribution in [1.29, 1.82) is 0 Å². The fourth-order valence-corrected chi connectivity index (χ4v) is 10.8. The molecule has 0 radical (unpaired) electrons. The lowest BCUT2D eigenvalue weighted by Crippen LogP contribution is -2.64. The van der Waals surface area contributed by atoms with E-state index in [0.29, 0.717) is 66.2 Å². The minimum absolute atomic E-state index is 0.0354. The third-order valence-corrected chi connectivity index (χ3v) is 13.8. The van der Waals surface area contributed by atoms with E-state index in [9.17, 15) is 18.0 Å². The number of methoxy groups -OCH3 is 1. The molecule has 6 rings (SSSR count). The molecule has 0 bridgehead atoms. The van der Waals surface area contributed by atoms with Crippen LogP contribution >= 0.6 is 11.3 Å². The van der Waals surface area contributed by atoms with E-state index in [1.165, 1.54) is 11.3 Å². The summed E-state index contributed by atoms with van der Waals surface area (Å²) in [6.07, 6.45) is 7.69. The standard InChI is InChI=1S/C34H45N5O6S2/c1-3-45-33(41)25-16-20-39(21-17-25,26-14-18-35-19-15-26)47(42,43)27-10-8-24(9-11-27)28(22-23-6-4-5-7-23)31(40)38-34-36-29-12-13-30(44-2)37-32(29)46-34/h8-13,23,25-26,28,35H,3-7,14-22H2,1-2H3/p+1. The number of hydrogen-bond donors (Lipinski definition) is 2. The van der Waals surface area contributed by atoms with E-state index in [1.807, 2.05) is 18.2 Å². The molecule has 2 saturated heterocycles. The normalized spacial score (nSPS) is 23.4. The Hall–Kier alpha value is -3.13. The number of quaternary nitrogens is 1. The largest absolute Gasteiger partial charge is 0.481 e. The molecule has 2 N–H and O–H groups in total. The third-order valence-electron chi connectivity index (χ3n) is 10.4. The summed E-state index contributed by atoms with van der Waals surface area (Å²) < 4.78 is 39.7. The van der Waals surface area contributed by atoms with Gasteiger partial charge in [-0.15, -0.1) is 0 Å². The van der Waals surface area contributed by atoms with Crippen LogP contribution in [0.1, 0.15) is 76.2 Å². The molecule has 3 aliphatic rings. The Kier molecular flexibility index (Phi) is 10.5. The average Bonchev–Trinajstić information content (AvgIpc) is 3.77. The van der Waals surface area contributed by atoms with Crippen molar-refractivity contribution in [2.75, 3.05) is 45.2 Å². The number of esters is 1. The van der Waals surface area contributed by atoms with E-state index >= 15 is 0 Å². The van der Waals surface area contributed by atoms with Crippen molar-refractivity contribution in [3.05, 3.63) is 42.0 Å². The number of amides is 1. The van der Waals surface area contributed by atoms with Gasteiger partial charge < -0.3 is 20.1 Å². The van der Waals surface area contributed by atoms with E-state index in [4.69, 9.17) is 9.47 Å². The van der Waals surface area contributed by atoms with Gasteiger partial charge in [0.25, 0.3) is 0 Å². The molecule has 4 heterocycles. The van der Waals surface area contributed by atoms with Crippen molar-refractivity contribution < 1.29 is 31.4 Å². The van der Waals surface area contributed by atoms with Crippen LogP contribution in [-0.4, -0.2) is 80.1 Å². The number of thiazole rings is 1. The number of carbonyl (C=O) groups excluding carboxylic acids is 2. The molecule has 2 aromatic heterocycles. The third kappa shape index (κ3) is 7.04. The van der Waals surface area contributed by atoms with Crippen LogP contribution in [0.2, 0.25) is 0 Å². The zero-order valence-electron chi connectivity index (χ0n) is 27.3. The molecular weight excluding hydrogens is 639 g/mol. The number of nitrogens with one attached hydrogen (secondary N) is 2. The Labute approximate surface area is 281 Å². The smallest absolute Gasteiger partial charge is 0.327 e. The quantitative estimate of drug-likeness (QED) is 0.206. The number of nitrogens with zero attached hydrogens (tertiary/aromatic N) is 3. The SMILES string of the molecule is CCOC(=O)C1CC[N+](C2CCNCC2)(S(=O)(=O)c2ccc(C(CC3CCCC3)C(=O)Nc3nc4ccc(OC)nc4s3)cc2)CC1. The summed E-state index contributed by atoms with van der Waals surface area (Å²) in [5.41, 5.74) is 1.48. The first kappa shape index (κ1) is 33.8. The number of anilines is 1. The summed E-state index contributed by atoms with van der Waals surface area (Å²) >= 11 is 1.30. The predicted molar refractivity (Wildman–Crippen MR) is 181 cm³/mol. The molecule has 1 aliphatic carbocycles. The van der Waals surface area contributed by atoms with Gasteiger partial charge in [0.15, 0.2) is 5.13 Å². The van der Waals surface area contributed by atoms with Gasteiger partial charge in [-0.3, -0.25) is 9.59 Å². The van der Waals surface area contributed by atoms with Crippen LogP contribution in [-0.2, 0) is 24.3 Å². The lowest BCUT2D eigenvalue weighted by molar-refractivity contribution is -0.841. The minimum Gasteiger partial charge on any atom is -0.481 e. The van der Waals surface area contributed by atoms with Crippen LogP contribution in [0.3, 0.4) is 0 Å². The monoisotopic (exact) mass is 684 g/mol. The topological polar surface area (TPSA) is 137 Å². The van der Waals surface area contributed by atoms with E-state index in [0.717, 1.165) is 57.2 Å². The molecule has 254 valence electrons. The van der Waals surface area contributed by atoms with Crippen molar-refractivity contribution in [2.45, 2.75) is 81.6 Å². The Morgan fingerprint density at radius 2 is 1.70 bits per heavy atom. The van der Waals surface area contributed by atoms with Crippen LogP contribution in [0.5, 0.6) is 5.88 Å². The number of fused-ring (bicyclic) bond motifs is 1. The highest BCUT2D eigenvalue weighted by Gasteiger charge is 2.52. The Bertz CT molecular complexity index is 1660. The number of ether oxygens (including phenoxy) is 2. The molecule has 1 unspecified atom stereocenters. The molecule has 11 nitrogen and oxygen atoms in total.